The Morgan fingerprint density at radius 2 is 2.31 bits per heavy atom. The summed E-state index contributed by atoms with van der Waals surface area (Å²) in [5.74, 6) is 2.71. The predicted octanol–water partition coefficient (Wildman–Crippen LogP) is 2.19. The number of rotatable bonds is 3. The molecule has 1 aromatic carbocycles. The summed E-state index contributed by atoms with van der Waals surface area (Å²) in [6.07, 6.45) is 5.94. The zero-order valence-electron chi connectivity index (χ0n) is 8.74. The lowest BCUT2D eigenvalue weighted by atomic mass is 10.1. The SMILES string of the molecule is C#CCNC(=O)[C@@H]1C[C@H]1c1ccccc1Cl. The Hall–Kier alpha value is -1.46. The van der Waals surface area contributed by atoms with Crippen LogP contribution in [-0.4, -0.2) is 12.5 Å². The van der Waals surface area contributed by atoms with Crippen LogP contribution in [0.2, 0.25) is 5.02 Å². The number of halogens is 1. The van der Waals surface area contributed by atoms with Gasteiger partial charge in [0.2, 0.25) is 5.91 Å². The maximum absolute atomic E-state index is 11.6. The van der Waals surface area contributed by atoms with Gasteiger partial charge in [-0.3, -0.25) is 4.79 Å². The Labute approximate surface area is 100.0 Å². The summed E-state index contributed by atoms with van der Waals surface area (Å²) in [6.45, 7) is 0.296. The molecule has 1 aromatic rings. The van der Waals surface area contributed by atoms with Crippen molar-refractivity contribution in [2.75, 3.05) is 6.54 Å². The van der Waals surface area contributed by atoms with Crippen LogP contribution in [0.4, 0.5) is 0 Å². The first-order chi connectivity index (χ1) is 7.74. The minimum Gasteiger partial charge on any atom is -0.345 e. The molecule has 0 saturated heterocycles. The molecule has 0 aromatic heterocycles. The van der Waals surface area contributed by atoms with Gasteiger partial charge in [0, 0.05) is 10.9 Å². The highest BCUT2D eigenvalue weighted by Crippen LogP contribution is 2.49. The summed E-state index contributed by atoms with van der Waals surface area (Å²) in [4.78, 5) is 11.6. The van der Waals surface area contributed by atoms with Gasteiger partial charge in [0.05, 0.1) is 6.54 Å². The number of carbonyl (C=O) groups excluding carboxylic acids is 1. The number of terminal acetylenes is 1. The van der Waals surface area contributed by atoms with E-state index in [1.807, 2.05) is 24.3 Å². The molecule has 2 atom stereocenters. The van der Waals surface area contributed by atoms with Crippen LogP contribution in [0.5, 0.6) is 0 Å². The van der Waals surface area contributed by atoms with E-state index in [2.05, 4.69) is 11.2 Å². The first kappa shape index (κ1) is 11.0. The third-order valence-electron chi connectivity index (χ3n) is 2.80. The number of benzene rings is 1. The first-order valence-electron chi connectivity index (χ1n) is 5.19. The van der Waals surface area contributed by atoms with Gasteiger partial charge in [-0.1, -0.05) is 35.7 Å². The van der Waals surface area contributed by atoms with Gasteiger partial charge in [-0.2, -0.15) is 0 Å². The van der Waals surface area contributed by atoms with Crippen LogP contribution >= 0.6 is 11.6 Å². The molecule has 1 amide bonds. The Kier molecular flexibility index (Phi) is 3.17. The molecule has 0 unspecified atom stereocenters. The quantitative estimate of drug-likeness (QED) is 0.797. The highest BCUT2D eigenvalue weighted by Gasteiger charge is 2.44. The molecule has 1 N–H and O–H groups in total. The largest absolute Gasteiger partial charge is 0.345 e. The Morgan fingerprint density at radius 3 is 3.00 bits per heavy atom. The molecule has 2 nitrogen and oxygen atoms in total. The summed E-state index contributed by atoms with van der Waals surface area (Å²) in [6, 6.07) is 7.66. The van der Waals surface area contributed by atoms with Crippen LogP contribution in [0, 0.1) is 18.3 Å². The van der Waals surface area contributed by atoms with Crippen LogP contribution < -0.4 is 5.32 Å². The molecule has 0 spiro atoms. The first-order valence-corrected chi connectivity index (χ1v) is 5.57. The third-order valence-corrected chi connectivity index (χ3v) is 3.14. The second kappa shape index (κ2) is 4.59. The van der Waals surface area contributed by atoms with Gasteiger partial charge in [-0.15, -0.1) is 6.42 Å². The predicted molar refractivity (Wildman–Crippen MR) is 64.1 cm³/mol. The Morgan fingerprint density at radius 1 is 1.56 bits per heavy atom. The molecule has 1 saturated carbocycles. The molecule has 16 heavy (non-hydrogen) atoms. The topological polar surface area (TPSA) is 29.1 Å². The zero-order chi connectivity index (χ0) is 11.5. The minimum atomic E-state index is 0.0304. The summed E-state index contributed by atoms with van der Waals surface area (Å²) in [5.41, 5.74) is 1.06. The van der Waals surface area contributed by atoms with Crippen molar-refractivity contribution in [2.24, 2.45) is 5.92 Å². The van der Waals surface area contributed by atoms with E-state index in [4.69, 9.17) is 18.0 Å². The molecular formula is C13H12ClNO. The van der Waals surface area contributed by atoms with Crippen LogP contribution in [0.1, 0.15) is 17.9 Å². The number of carbonyl (C=O) groups is 1. The average Bonchev–Trinajstić information content (AvgIpc) is 3.06. The minimum absolute atomic E-state index is 0.0304. The molecule has 1 aliphatic carbocycles. The number of nitrogens with one attached hydrogen (secondary N) is 1. The van der Waals surface area contributed by atoms with Gasteiger partial charge in [0.15, 0.2) is 0 Å². The third kappa shape index (κ3) is 2.20. The van der Waals surface area contributed by atoms with Crippen molar-refractivity contribution in [3.8, 4) is 12.3 Å². The van der Waals surface area contributed by atoms with Gasteiger partial charge in [0.25, 0.3) is 0 Å². The van der Waals surface area contributed by atoms with Crippen molar-refractivity contribution in [3.63, 3.8) is 0 Å². The smallest absolute Gasteiger partial charge is 0.224 e. The van der Waals surface area contributed by atoms with Crippen molar-refractivity contribution < 1.29 is 4.79 Å². The van der Waals surface area contributed by atoms with Crippen LogP contribution in [0.25, 0.3) is 0 Å². The number of amides is 1. The molecule has 0 bridgehead atoms. The molecule has 82 valence electrons. The number of hydrogen-bond acceptors (Lipinski definition) is 1. The summed E-state index contributed by atoms with van der Waals surface area (Å²) in [7, 11) is 0. The normalized spacial score (nSPS) is 22.2. The molecular weight excluding hydrogens is 222 g/mol. The molecule has 3 heteroatoms. The maximum Gasteiger partial charge on any atom is 0.224 e. The van der Waals surface area contributed by atoms with E-state index in [-0.39, 0.29) is 17.7 Å². The van der Waals surface area contributed by atoms with Crippen LogP contribution in [0.3, 0.4) is 0 Å². The molecule has 0 heterocycles. The average molecular weight is 234 g/mol. The van der Waals surface area contributed by atoms with E-state index >= 15 is 0 Å². The summed E-state index contributed by atoms with van der Waals surface area (Å²) in [5, 5.41) is 3.43. The fourth-order valence-electron chi connectivity index (χ4n) is 1.87. The monoisotopic (exact) mass is 233 g/mol. The Balaban J connectivity index is 1.99. The van der Waals surface area contributed by atoms with Gasteiger partial charge < -0.3 is 5.32 Å². The molecule has 1 aliphatic rings. The fraction of sp³-hybridized carbons (Fsp3) is 0.308. The van der Waals surface area contributed by atoms with E-state index in [1.165, 1.54) is 0 Å². The van der Waals surface area contributed by atoms with Crippen molar-refractivity contribution in [1.82, 2.24) is 5.32 Å². The lowest BCUT2D eigenvalue weighted by Crippen LogP contribution is -2.25. The summed E-state index contributed by atoms with van der Waals surface area (Å²) < 4.78 is 0. The van der Waals surface area contributed by atoms with Gasteiger partial charge >= 0.3 is 0 Å². The molecule has 0 aliphatic heterocycles. The van der Waals surface area contributed by atoms with Crippen molar-refractivity contribution in [1.29, 1.82) is 0 Å². The molecule has 2 rings (SSSR count). The lowest BCUT2D eigenvalue weighted by molar-refractivity contribution is -0.122. The van der Waals surface area contributed by atoms with E-state index in [0.717, 1.165) is 17.0 Å². The fourth-order valence-corrected chi connectivity index (χ4v) is 2.15. The van der Waals surface area contributed by atoms with E-state index in [1.54, 1.807) is 0 Å². The van der Waals surface area contributed by atoms with Gasteiger partial charge in [-0.25, -0.2) is 0 Å². The van der Waals surface area contributed by atoms with Crippen molar-refractivity contribution >= 4 is 17.5 Å². The van der Waals surface area contributed by atoms with Crippen molar-refractivity contribution in [3.05, 3.63) is 34.9 Å². The van der Waals surface area contributed by atoms with E-state index < -0.39 is 0 Å². The Bertz CT molecular complexity index is 449. The van der Waals surface area contributed by atoms with Crippen LogP contribution in [-0.2, 0) is 4.79 Å². The van der Waals surface area contributed by atoms with Crippen molar-refractivity contribution in [2.45, 2.75) is 12.3 Å². The molecule has 0 radical (unpaired) electrons. The van der Waals surface area contributed by atoms with Crippen LogP contribution in [0.15, 0.2) is 24.3 Å². The highest BCUT2D eigenvalue weighted by atomic mass is 35.5. The zero-order valence-corrected chi connectivity index (χ0v) is 9.50. The number of hydrogen-bond donors (Lipinski definition) is 1. The summed E-state index contributed by atoms with van der Waals surface area (Å²) >= 11 is 6.07. The van der Waals surface area contributed by atoms with Gasteiger partial charge in [-0.05, 0) is 24.0 Å². The molecule has 1 fully saturated rings. The van der Waals surface area contributed by atoms with E-state index in [0.29, 0.717) is 6.54 Å². The lowest BCUT2D eigenvalue weighted by Gasteiger charge is -2.03. The maximum atomic E-state index is 11.6. The van der Waals surface area contributed by atoms with Gasteiger partial charge in [0.1, 0.15) is 0 Å². The second-order valence-corrected chi connectivity index (χ2v) is 4.30. The van der Waals surface area contributed by atoms with E-state index in [9.17, 15) is 4.79 Å². The highest BCUT2D eigenvalue weighted by molar-refractivity contribution is 6.31. The second-order valence-electron chi connectivity index (χ2n) is 3.89. The standard InChI is InChI=1S/C13H12ClNO/c1-2-7-15-13(16)11-8-10(11)9-5-3-4-6-12(9)14/h1,3-6,10-11H,7-8H2,(H,15,16)/t10-,11+/m0/s1.